The predicted molar refractivity (Wildman–Crippen MR) is 83.3 cm³/mol. The van der Waals surface area contributed by atoms with Gasteiger partial charge in [0.1, 0.15) is 5.82 Å². The Morgan fingerprint density at radius 2 is 2.11 bits per heavy atom. The van der Waals surface area contributed by atoms with Crippen molar-refractivity contribution in [3.8, 4) is 0 Å². The maximum absolute atomic E-state index is 13.2. The molecule has 4 heteroatoms. The average molecular weight is 342 g/mol. The Kier molecular flexibility index (Phi) is 5.55. The molecular weight excluding hydrogens is 325 g/mol. The molecule has 0 amide bonds. The molecule has 0 spiro atoms. The van der Waals surface area contributed by atoms with Gasteiger partial charge in [0.05, 0.1) is 3.79 Å². The fraction of sp³-hybridized carbons (Fsp3) is 0.333. The van der Waals surface area contributed by atoms with Gasteiger partial charge in [-0.05, 0) is 65.1 Å². The largest absolute Gasteiger partial charge is 0.314 e. The molecule has 1 nitrogen and oxygen atoms in total. The minimum Gasteiger partial charge on any atom is -0.314 e. The van der Waals surface area contributed by atoms with Crippen LogP contribution in [0, 0.1) is 5.82 Å². The molecule has 1 N–H and O–H groups in total. The van der Waals surface area contributed by atoms with E-state index in [2.05, 4.69) is 40.3 Å². The van der Waals surface area contributed by atoms with E-state index in [9.17, 15) is 4.39 Å². The van der Waals surface area contributed by atoms with Gasteiger partial charge in [-0.2, -0.15) is 0 Å². The molecule has 2 rings (SSSR count). The lowest BCUT2D eigenvalue weighted by molar-refractivity contribution is 0.522. The monoisotopic (exact) mass is 341 g/mol. The van der Waals surface area contributed by atoms with E-state index in [1.807, 2.05) is 6.07 Å². The van der Waals surface area contributed by atoms with Crippen molar-refractivity contribution in [2.75, 3.05) is 6.54 Å². The Morgan fingerprint density at radius 1 is 1.26 bits per heavy atom. The number of thiophene rings is 1. The molecule has 0 aliphatic rings. The Hall–Kier alpha value is -0.710. The topological polar surface area (TPSA) is 12.0 Å². The minimum absolute atomic E-state index is 0.161. The van der Waals surface area contributed by atoms with Crippen LogP contribution in [0.2, 0.25) is 0 Å². The van der Waals surface area contributed by atoms with Crippen molar-refractivity contribution in [1.82, 2.24) is 5.32 Å². The molecule has 0 radical (unpaired) electrons. The van der Waals surface area contributed by atoms with Crippen LogP contribution in [0.25, 0.3) is 0 Å². The quantitative estimate of drug-likeness (QED) is 0.820. The highest BCUT2D eigenvalue weighted by atomic mass is 79.9. The fourth-order valence-electron chi connectivity index (χ4n) is 2.16. The van der Waals surface area contributed by atoms with E-state index in [-0.39, 0.29) is 5.82 Å². The summed E-state index contributed by atoms with van der Waals surface area (Å²) in [6, 6.07) is 11.4. The SMILES string of the molecule is CCNC(Cc1cccc(F)c1)Cc1ccc(Br)s1. The molecule has 1 aromatic heterocycles. The lowest BCUT2D eigenvalue weighted by atomic mass is 10.0. The van der Waals surface area contributed by atoms with Crippen LogP contribution in [0.4, 0.5) is 4.39 Å². The Balaban J connectivity index is 2.03. The Morgan fingerprint density at radius 3 is 2.74 bits per heavy atom. The van der Waals surface area contributed by atoms with Crippen LogP contribution in [-0.4, -0.2) is 12.6 Å². The van der Waals surface area contributed by atoms with Crippen LogP contribution in [0.3, 0.4) is 0 Å². The molecule has 1 heterocycles. The van der Waals surface area contributed by atoms with Crippen molar-refractivity contribution >= 4 is 27.3 Å². The molecule has 0 bridgehead atoms. The molecule has 0 saturated heterocycles. The van der Waals surface area contributed by atoms with Gasteiger partial charge < -0.3 is 5.32 Å². The van der Waals surface area contributed by atoms with Crippen LogP contribution in [0.1, 0.15) is 17.4 Å². The number of hydrogen-bond donors (Lipinski definition) is 1. The Labute approximate surface area is 126 Å². The van der Waals surface area contributed by atoms with Gasteiger partial charge in [-0.1, -0.05) is 19.1 Å². The van der Waals surface area contributed by atoms with E-state index in [0.29, 0.717) is 6.04 Å². The average Bonchev–Trinajstić information content (AvgIpc) is 2.75. The van der Waals surface area contributed by atoms with Gasteiger partial charge in [0.15, 0.2) is 0 Å². The van der Waals surface area contributed by atoms with Gasteiger partial charge >= 0.3 is 0 Å². The van der Waals surface area contributed by atoms with Gasteiger partial charge in [0, 0.05) is 10.9 Å². The predicted octanol–water partition coefficient (Wildman–Crippen LogP) is 4.41. The summed E-state index contributed by atoms with van der Waals surface area (Å²) in [5.41, 5.74) is 1.04. The molecule has 1 unspecified atom stereocenters. The van der Waals surface area contributed by atoms with Crippen molar-refractivity contribution in [3.05, 3.63) is 56.4 Å². The number of halogens is 2. The van der Waals surface area contributed by atoms with E-state index in [1.165, 1.54) is 10.9 Å². The van der Waals surface area contributed by atoms with Gasteiger partial charge in [-0.25, -0.2) is 4.39 Å². The standard InChI is InChI=1S/C15H17BrFNS/c1-2-18-13(10-14-6-7-15(16)19-14)9-11-4-3-5-12(17)8-11/h3-8,13,18H,2,9-10H2,1H3. The molecule has 0 fully saturated rings. The van der Waals surface area contributed by atoms with Crippen LogP contribution < -0.4 is 5.32 Å². The zero-order valence-electron chi connectivity index (χ0n) is 10.8. The first-order valence-corrected chi connectivity index (χ1v) is 8.00. The highest BCUT2D eigenvalue weighted by Gasteiger charge is 2.11. The van der Waals surface area contributed by atoms with Gasteiger partial charge in [0.25, 0.3) is 0 Å². The van der Waals surface area contributed by atoms with Crippen molar-refractivity contribution in [3.63, 3.8) is 0 Å². The van der Waals surface area contributed by atoms with Gasteiger partial charge in [-0.15, -0.1) is 11.3 Å². The summed E-state index contributed by atoms with van der Waals surface area (Å²) >= 11 is 5.24. The van der Waals surface area contributed by atoms with Crippen LogP contribution >= 0.6 is 27.3 Å². The first-order valence-electron chi connectivity index (χ1n) is 6.39. The molecule has 102 valence electrons. The zero-order valence-corrected chi connectivity index (χ0v) is 13.2. The second-order valence-corrected chi connectivity index (χ2v) is 7.05. The molecule has 19 heavy (non-hydrogen) atoms. The van der Waals surface area contributed by atoms with Crippen molar-refractivity contribution in [2.45, 2.75) is 25.8 Å². The number of nitrogens with one attached hydrogen (secondary N) is 1. The summed E-state index contributed by atoms with van der Waals surface area (Å²) in [6.45, 7) is 3.02. The van der Waals surface area contributed by atoms with Crippen LogP contribution in [0.5, 0.6) is 0 Å². The summed E-state index contributed by atoms with van der Waals surface area (Å²) in [7, 11) is 0. The van der Waals surface area contributed by atoms with Crippen LogP contribution in [-0.2, 0) is 12.8 Å². The van der Waals surface area contributed by atoms with Gasteiger partial charge in [-0.3, -0.25) is 0 Å². The lowest BCUT2D eigenvalue weighted by Gasteiger charge is -2.17. The van der Waals surface area contributed by atoms with E-state index in [0.717, 1.165) is 28.7 Å². The first kappa shape index (κ1) is 14.7. The summed E-state index contributed by atoms with van der Waals surface area (Å²) in [6.07, 6.45) is 1.82. The number of benzene rings is 1. The molecule has 2 aromatic rings. The third-order valence-electron chi connectivity index (χ3n) is 2.94. The molecule has 1 aromatic carbocycles. The molecular formula is C15H17BrFNS. The maximum atomic E-state index is 13.2. The van der Waals surface area contributed by atoms with Crippen molar-refractivity contribution in [1.29, 1.82) is 0 Å². The summed E-state index contributed by atoms with van der Waals surface area (Å²) < 4.78 is 14.4. The lowest BCUT2D eigenvalue weighted by Crippen LogP contribution is -2.32. The summed E-state index contributed by atoms with van der Waals surface area (Å²) in [5.74, 6) is -0.161. The molecule has 0 aliphatic heterocycles. The number of hydrogen-bond acceptors (Lipinski definition) is 2. The van der Waals surface area contributed by atoms with E-state index in [1.54, 1.807) is 23.5 Å². The fourth-order valence-corrected chi connectivity index (χ4v) is 3.72. The Bertz CT molecular complexity index is 526. The normalized spacial score (nSPS) is 12.6. The van der Waals surface area contributed by atoms with E-state index < -0.39 is 0 Å². The molecule has 1 atom stereocenters. The first-order chi connectivity index (χ1) is 9.17. The summed E-state index contributed by atoms with van der Waals surface area (Å²) in [5, 5.41) is 3.48. The van der Waals surface area contributed by atoms with E-state index in [4.69, 9.17) is 0 Å². The smallest absolute Gasteiger partial charge is 0.123 e. The highest BCUT2D eigenvalue weighted by Crippen LogP contribution is 2.23. The zero-order chi connectivity index (χ0) is 13.7. The second-order valence-electron chi connectivity index (χ2n) is 4.50. The number of likely N-dealkylation sites (N-methyl/N-ethyl adjacent to an activating group) is 1. The van der Waals surface area contributed by atoms with Gasteiger partial charge in [0.2, 0.25) is 0 Å². The van der Waals surface area contributed by atoms with E-state index >= 15 is 0 Å². The van der Waals surface area contributed by atoms with Crippen molar-refractivity contribution in [2.24, 2.45) is 0 Å². The molecule has 0 aliphatic carbocycles. The third-order valence-corrected chi connectivity index (χ3v) is 4.59. The summed E-state index contributed by atoms with van der Waals surface area (Å²) in [4.78, 5) is 1.34. The third kappa shape index (κ3) is 4.71. The van der Waals surface area contributed by atoms with Crippen molar-refractivity contribution < 1.29 is 4.39 Å². The minimum atomic E-state index is -0.161. The number of rotatable bonds is 6. The second kappa shape index (κ2) is 7.17. The van der Waals surface area contributed by atoms with Crippen LogP contribution in [0.15, 0.2) is 40.2 Å². The maximum Gasteiger partial charge on any atom is 0.123 e. The molecule has 0 saturated carbocycles. The highest BCUT2D eigenvalue weighted by molar-refractivity contribution is 9.11.